The lowest BCUT2D eigenvalue weighted by atomic mass is 10.2. The van der Waals surface area contributed by atoms with E-state index in [1.807, 2.05) is 0 Å². The minimum absolute atomic E-state index is 0.120. The van der Waals surface area contributed by atoms with Crippen molar-refractivity contribution in [1.29, 1.82) is 0 Å². The van der Waals surface area contributed by atoms with E-state index in [2.05, 4.69) is 0 Å². The van der Waals surface area contributed by atoms with Crippen LogP contribution in [0.2, 0.25) is 0 Å². The maximum atomic E-state index is 11.0. The van der Waals surface area contributed by atoms with Crippen LogP contribution in [0.15, 0.2) is 0 Å². The molecular formula is C6H7NO6S2. The van der Waals surface area contributed by atoms with Gasteiger partial charge in [-0.25, -0.2) is 4.79 Å². The number of β-lactam (4-membered cyclic amide) rings is 1. The first-order chi connectivity index (χ1) is 6.78. The van der Waals surface area contributed by atoms with Gasteiger partial charge in [0.25, 0.3) is 14.2 Å². The molecule has 0 aromatic carbocycles. The second-order valence-corrected chi connectivity index (χ2v) is 6.71. The third kappa shape index (κ3) is 1.26. The van der Waals surface area contributed by atoms with Crippen molar-refractivity contribution in [2.24, 2.45) is 0 Å². The number of hydrogen-bond acceptors (Lipinski definition) is 5. The van der Waals surface area contributed by atoms with Crippen LogP contribution in [0.3, 0.4) is 0 Å². The number of fused-ring (bicyclic) bond motifs is 1. The first kappa shape index (κ1) is 10.7. The van der Waals surface area contributed by atoms with Gasteiger partial charge in [-0.1, -0.05) is 11.8 Å². The van der Waals surface area contributed by atoms with Crippen molar-refractivity contribution in [3.8, 4) is 0 Å². The SMILES string of the molecule is O=C1C[C@H]2SC(C(=O)O)(S(=O)(=O)O)CN12. The largest absolute Gasteiger partial charge is 0.479 e. The minimum Gasteiger partial charge on any atom is -0.479 e. The van der Waals surface area contributed by atoms with Crippen LogP contribution in [0.5, 0.6) is 0 Å². The quantitative estimate of drug-likeness (QED) is 0.477. The molecule has 2 saturated heterocycles. The lowest BCUT2D eigenvalue weighted by molar-refractivity contribution is -0.142. The molecule has 0 aromatic rings. The van der Waals surface area contributed by atoms with E-state index in [0.29, 0.717) is 11.8 Å². The van der Waals surface area contributed by atoms with E-state index >= 15 is 0 Å². The van der Waals surface area contributed by atoms with Crippen molar-refractivity contribution in [3.63, 3.8) is 0 Å². The number of hydrogen-bond donors (Lipinski definition) is 2. The Labute approximate surface area is 89.2 Å². The highest BCUT2D eigenvalue weighted by molar-refractivity contribution is 8.14. The Balaban J connectivity index is 2.40. The Morgan fingerprint density at radius 2 is 2.20 bits per heavy atom. The second-order valence-electron chi connectivity index (χ2n) is 3.33. The summed E-state index contributed by atoms with van der Waals surface area (Å²) in [5.41, 5.74) is 0. The van der Waals surface area contributed by atoms with Crippen LogP contribution in [0.25, 0.3) is 0 Å². The van der Waals surface area contributed by atoms with E-state index in [1.165, 1.54) is 0 Å². The predicted molar refractivity (Wildman–Crippen MR) is 49.6 cm³/mol. The van der Waals surface area contributed by atoms with Gasteiger partial charge in [-0.15, -0.1) is 0 Å². The average molecular weight is 253 g/mol. The van der Waals surface area contributed by atoms with Crippen molar-refractivity contribution < 1.29 is 27.7 Å². The zero-order chi connectivity index (χ0) is 11.4. The lowest BCUT2D eigenvalue weighted by Gasteiger charge is -2.32. The normalized spacial score (nSPS) is 34.9. The maximum Gasteiger partial charge on any atom is 0.339 e. The van der Waals surface area contributed by atoms with Gasteiger partial charge in [-0.2, -0.15) is 8.42 Å². The molecule has 2 atom stereocenters. The fourth-order valence-electron chi connectivity index (χ4n) is 1.57. The number of rotatable bonds is 2. The van der Waals surface area contributed by atoms with Crippen LogP contribution in [-0.2, 0) is 19.7 Å². The van der Waals surface area contributed by atoms with Crippen LogP contribution in [0.1, 0.15) is 6.42 Å². The third-order valence-electron chi connectivity index (χ3n) is 2.46. The molecule has 2 aliphatic heterocycles. The summed E-state index contributed by atoms with van der Waals surface area (Å²) in [7, 11) is -4.74. The number of amides is 1. The molecule has 15 heavy (non-hydrogen) atoms. The number of carboxylic acid groups (broad SMARTS) is 1. The average Bonchev–Trinajstić information content (AvgIpc) is 2.38. The van der Waals surface area contributed by atoms with E-state index in [-0.39, 0.29) is 12.3 Å². The molecule has 2 rings (SSSR count). The monoisotopic (exact) mass is 253 g/mol. The molecule has 0 spiro atoms. The first-order valence-electron chi connectivity index (χ1n) is 3.96. The Morgan fingerprint density at radius 3 is 2.53 bits per heavy atom. The number of thioether (sulfide) groups is 1. The van der Waals surface area contributed by atoms with Crippen molar-refractivity contribution in [2.45, 2.75) is 15.9 Å². The summed E-state index contributed by atoms with van der Waals surface area (Å²) in [6.45, 7) is -0.491. The summed E-state index contributed by atoms with van der Waals surface area (Å²) in [5.74, 6) is -1.93. The molecule has 84 valence electrons. The highest BCUT2D eigenvalue weighted by Crippen LogP contribution is 2.49. The predicted octanol–water partition coefficient (Wildman–Crippen LogP) is -1.04. The van der Waals surface area contributed by atoms with Crippen molar-refractivity contribution in [2.75, 3.05) is 6.54 Å². The zero-order valence-corrected chi connectivity index (χ0v) is 8.92. The Kier molecular flexibility index (Phi) is 2.04. The molecule has 2 fully saturated rings. The van der Waals surface area contributed by atoms with Crippen LogP contribution in [-0.4, -0.2) is 50.9 Å². The number of nitrogens with zero attached hydrogens (tertiary/aromatic N) is 1. The second kappa shape index (κ2) is 2.86. The molecule has 1 unspecified atom stereocenters. The van der Waals surface area contributed by atoms with E-state index in [1.54, 1.807) is 0 Å². The molecule has 1 amide bonds. The Morgan fingerprint density at radius 1 is 1.60 bits per heavy atom. The summed E-state index contributed by atoms with van der Waals surface area (Å²) >= 11 is 0.594. The van der Waals surface area contributed by atoms with Gasteiger partial charge < -0.3 is 10.0 Å². The lowest BCUT2D eigenvalue weighted by Crippen LogP contribution is -2.50. The number of carboxylic acids is 1. The summed E-state index contributed by atoms with van der Waals surface area (Å²) in [6.07, 6.45) is 0.120. The fraction of sp³-hybridized carbons (Fsp3) is 0.667. The van der Waals surface area contributed by atoms with Crippen molar-refractivity contribution in [3.05, 3.63) is 0 Å². The van der Waals surface area contributed by atoms with Gasteiger partial charge in [0.15, 0.2) is 0 Å². The van der Waals surface area contributed by atoms with Crippen molar-refractivity contribution in [1.82, 2.24) is 4.90 Å². The molecular weight excluding hydrogens is 246 g/mol. The van der Waals surface area contributed by atoms with E-state index < -0.39 is 32.1 Å². The summed E-state index contributed by atoms with van der Waals surface area (Å²) in [4.78, 5) is 23.0. The van der Waals surface area contributed by atoms with Gasteiger partial charge in [0, 0.05) is 0 Å². The number of carbonyl (C=O) groups is 2. The van der Waals surface area contributed by atoms with E-state index in [0.717, 1.165) is 4.90 Å². The van der Waals surface area contributed by atoms with Gasteiger partial charge in [0.2, 0.25) is 5.91 Å². The topological polar surface area (TPSA) is 112 Å². The standard InChI is InChI=1S/C6H7NO6S2/c8-3-1-4-7(3)2-6(14-4,5(9)10)15(11,12)13/h4H,1-2H2,(H,9,10)(H,11,12,13)/t4-,6?/m1/s1. The highest BCUT2D eigenvalue weighted by atomic mass is 32.3. The van der Waals surface area contributed by atoms with Gasteiger partial charge in [0.05, 0.1) is 18.3 Å². The molecule has 9 heteroatoms. The van der Waals surface area contributed by atoms with Crippen LogP contribution in [0, 0.1) is 0 Å². The van der Waals surface area contributed by atoms with Crippen LogP contribution in [0.4, 0.5) is 0 Å². The smallest absolute Gasteiger partial charge is 0.339 e. The van der Waals surface area contributed by atoms with Crippen LogP contribution < -0.4 is 0 Å². The molecule has 0 aliphatic carbocycles. The number of carbonyl (C=O) groups excluding carboxylic acids is 1. The molecule has 0 bridgehead atoms. The fourth-order valence-corrected chi connectivity index (χ4v) is 4.21. The van der Waals surface area contributed by atoms with E-state index in [4.69, 9.17) is 9.66 Å². The molecule has 0 aromatic heterocycles. The van der Waals surface area contributed by atoms with E-state index in [9.17, 15) is 18.0 Å². The third-order valence-corrected chi connectivity index (χ3v) is 5.90. The first-order valence-corrected chi connectivity index (χ1v) is 6.27. The van der Waals surface area contributed by atoms with Crippen molar-refractivity contribution >= 4 is 33.8 Å². The molecule has 0 radical (unpaired) electrons. The number of aliphatic carboxylic acids is 1. The summed E-state index contributed by atoms with van der Waals surface area (Å²) < 4.78 is 28.7. The van der Waals surface area contributed by atoms with Gasteiger partial charge >= 0.3 is 5.97 Å². The molecule has 2 heterocycles. The maximum absolute atomic E-state index is 11.0. The molecule has 2 aliphatic rings. The summed E-state index contributed by atoms with van der Waals surface area (Å²) in [6, 6.07) is 0. The van der Waals surface area contributed by atoms with Gasteiger partial charge in [-0.05, 0) is 0 Å². The van der Waals surface area contributed by atoms with Crippen LogP contribution >= 0.6 is 11.8 Å². The van der Waals surface area contributed by atoms with Gasteiger partial charge in [-0.3, -0.25) is 9.35 Å². The molecule has 2 N–H and O–H groups in total. The Hall–Kier alpha value is -0.800. The Bertz CT molecular complexity index is 445. The highest BCUT2D eigenvalue weighted by Gasteiger charge is 2.64. The van der Waals surface area contributed by atoms with Gasteiger partial charge in [0.1, 0.15) is 0 Å². The minimum atomic E-state index is -4.74. The molecule has 7 nitrogen and oxygen atoms in total. The molecule has 0 saturated carbocycles. The zero-order valence-electron chi connectivity index (χ0n) is 7.28. The summed E-state index contributed by atoms with van der Waals surface area (Å²) in [5, 5.41) is 8.40.